The summed E-state index contributed by atoms with van der Waals surface area (Å²) in [4.78, 5) is 26.9. The summed E-state index contributed by atoms with van der Waals surface area (Å²) in [5.41, 5.74) is 2.17. The van der Waals surface area contributed by atoms with E-state index in [0.29, 0.717) is 34.4 Å². The second-order valence-corrected chi connectivity index (χ2v) is 11.8. The van der Waals surface area contributed by atoms with Gasteiger partial charge in [0, 0.05) is 4.88 Å². The number of hydrogen-bond donors (Lipinski definition) is 2. The Morgan fingerprint density at radius 3 is 2.61 bits per heavy atom. The first-order valence-electron chi connectivity index (χ1n) is 12.7. The van der Waals surface area contributed by atoms with Crippen LogP contribution in [0, 0.1) is 11.3 Å². The number of rotatable bonds is 9. The van der Waals surface area contributed by atoms with Crippen LogP contribution in [-0.2, 0) is 17.6 Å². The Labute approximate surface area is 224 Å². The van der Waals surface area contributed by atoms with Crippen LogP contribution in [0.3, 0.4) is 0 Å². The number of thiophene rings is 1. The van der Waals surface area contributed by atoms with Crippen LogP contribution in [0.4, 0.5) is 5.00 Å². The Bertz CT molecular complexity index is 1090. The molecule has 1 aliphatic carbocycles. The Morgan fingerprint density at radius 2 is 1.92 bits per heavy atom. The summed E-state index contributed by atoms with van der Waals surface area (Å²) in [6.45, 7) is 9.50. The first-order valence-corrected chi connectivity index (χ1v) is 13.9. The minimum atomic E-state index is -0.389. The lowest BCUT2D eigenvalue weighted by Gasteiger charge is -2.33. The predicted octanol–water partition coefficient (Wildman–Crippen LogP) is 6.77. The van der Waals surface area contributed by atoms with Crippen LogP contribution in [0.5, 0.6) is 5.75 Å². The fraction of sp³-hybridized carbons (Fsp3) is 0.536. The fourth-order valence-corrected chi connectivity index (χ4v) is 6.11. The summed E-state index contributed by atoms with van der Waals surface area (Å²) in [6.07, 6.45) is 7.13. The number of unbranched alkanes of at least 4 members (excludes halogenated alkanes) is 3. The average molecular weight is 531 g/mol. The molecule has 1 amide bonds. The van der Waals surface area contributed by atoms with Crippen LogP contribution in [0.15, 0.2) is 24.3 Å². The third kappa shape index (κ3) is 7.07. The van der Waals surface area contributed by atoms with E-state index >= 15 is 0 Å². The first kappa shape index (κ1) is 28.1. The van der Waals surface area contributed by atoms with Gasteiger partial charge < -0.3 is 14.8 Å². The highest BCUT2D eigenvalue weighted by Crippen LogP contribution is 2.44. The molecule has 0 aliphatic heterocycles. The molecule has 0 radical (unpaired) electrons. The highest BCUT2D eigenvalue weighted by molar-refractivity contribution is 7.80. The van der Waals surface area contributed by atoms with E-state index in [4.69, 9.17) is 21.7 Å². The molecular weight excluding hydrogens is 492 g/mol. The number of thiocarbonyl (C=S) groups is 1. The number of ether oxygens (including phenoxy) is 2. The van der Waals surface area contributed by atoms with Crippen LogP contribution in [0.1, 0.15) is 91.0 Å². The van der Waals surface area contributed by atoms with Crippen molar-refractivity contribution in [2.24, 2.45) is 11.3 Å². The molecule has 2 N–H and O–H groups in total. The number of esters is 1. The molecule has 3 rings (SSSR count). The van der Waals surface area contributed by atoms with Gasteiger partial charge in [0.15, 0.2) is 5.11 Å². The highest BCUT2D eigenvalue weighted by atomic mass is 32.1. The lowest BCUT2D eigenvalue weighted by molar-refractivity contribution is 0.0600. The van der Waals surface area contributed by atoms with E-state index in [1.54, 1.807) is 18.2 Å². The Kier molecular flexibility index (Phi) is 9.91. The number of anilines is 1. The van der Waals surface area contributed by atoms with Gasteiger partial charge in [0.05, 0.1) is 24.8 Å². The predicted molar refractivity (Wildman–Crippen MR) is 150 cm³/mol. The number of carbonyl (C=O) groups is 2. The van der Waals surface area contributed by atoms with Crippen molar-refractivity contribution in [2.45, 2.75) is 72.6 Å². The van der Waals surface area contributed by atoms with Gasteiger partial charge in [-0.3, -0.25) is 10.1 Å². The summed E-state index contributed by atoms with van der Waals surface area (Å²) in [5.74, 6) is 0.321. The summed E-state index contributed by atoms with van der Waals surface area (Å²) >= 11 is 6.99. The maximum absolute atomic E-state index is 13.0. The molecule has 6 nitrogen and oxygen atoms in total. The minimum absolute atomic E-state index is 0.133. The van der Waals surface area contributed by atoms with Crippen molar-refractivity contribution < 1.29 is 19.1 Å². The monoisotopic (exact) mass is 530 g/mol. The van der Waals surface area contributed by atoms with Gasteiger partial charge >= 0.3 is 5.97 Å². The van der Waals surface area contributed by atoms with E-state index in [-0.39, 0.29) is 22.4 Å². The molecule has 1 atom stereocenters. The molecule has 0 bridgehead atoms. The molecule has 0 saturated heterocycles. The van der Waals surface area contributed by atoms with E-state index < -0.39 is 0 Å². The van der Waals surface area contributed by atoms with Crippen molar-refractivity contribution in [1.82, 2.24) is 5.32 Å². The molecule has 36 heavy (non-hydrogen) atoms. The standard InChI is InChI=1S/C28H38N2O4S2/c1-6-7-8-11-16-34-21-13-10-9-12-19(21)24(31)29-27(35)30-25-23(26(32)33-5)20-15-14-18(28(2,3)4)17-22(20)36-25/h9-10,12-13,18H,6-8,11,14-17H2,1-5H3,(H2,29,30,31,35). The Hall–Kier alpha value is -2.45. The zero-order chi connectivity index (χ0) is 26.3. The van der Waals surface area contributed by atoms with E-state index in [2.05, 4.69) is 38.3 Å². The summed E-state index contributed by atoms with van der Waals surface area (Å²) in [7, 11) is 1.39. The van der Waals surface area contributed by atoms with Crippen LogP contribution in [0.25, 0.3) is 0 Å². The number of para-hydroxylation sites is 1. The number of fused-ring (bicyclic) bond motifs is 1. The Morgan fingerprint density at radius 1 is 1.17 bits per heavy atom. The zero-order valence-electron chi connectivity index (χ0n) is 22.0. The maximum atomic E-state index is 13.0. The number of methoxy groups -OCH3 is 1. The minimum Gasteiger partial charge on any atom is -0.493 e. The average Bonchev–Trinajstić information content (AvgIpc) is 3.19. The molecule has 1 aliphatic rings. The molecule has 2 aromatic rings. The van der Waals surface area contributed by atoms with Crippen molar-refractivity contribution >= 4 is 45.5 Å². The number of hydrogen-bond acceptors (Lipinski definition) is 6. The van der Waals surface area contributed by atoms with E-state index in [1.807, 2.05) is 6.07 Å². The van der Waals surface area contributed by atoms with Gasteiger partial charge in [-0.05, 0) is 66.9 Å². The molecule has 1 unspecified atom stereocenters. The number of carbonyl (C=O) groups excluding carboxylic acids is 2. The molecule has 1 aromatic heterocycles. The third-order valence-corrected chi connectivity index (χ3v) is 8.09. The van der Waals surface area contributed by atoms with Gasteiger partial charge in [0.2, 0.25) is 0 Å². The third-order valence-electron chi connectivity index (χ3n) is 6.72. The van der Waals surface area contributed by atoms with Gasteiger partial charge in [0.1, 0.15) is 10.8 Å². The van der Waals surface area contributed by atoms with Gasteiger partial charge in [0.25, 0.3) is 5.91 Å². The van der Waals surface area contributed by atoms with Crippen LogP contribution in [0.2, 0.25) is 0 Å². The lowest BCUT2D eigenvalue weighted by atomic mass is 9.72. The molecule has 0 spiro atoms. The molecule has 8 heteroatoms. The van der Waals surface area contributed by atoms with E-state index in [9.17, 15) is 9.59 Å². The highest BCUT2D eigenvalue weighted by Gasteiger charge is 2.34. The number of nitrogens with one attached hydrogen (secondary N) is 2. The maximum Gasteiger partial charge on any atom is 0.341 e. The van der Waals surface area contributed by atoms with Crippen molar-refractivity contribution in [3.63, 3.8) is 0 Å². The normalized spacial score (nSPS) is 15.1. The SMILES string of the molecule is CCCCCCOc1ccccc1C(=O)NC(=S)Nc1sc2c(c1C(=O)OC)CCC(C(C)(C)C)C2. The van der Waals surface area contributed by atoms with E-state index in [1.165, 1.54) is 29.7 Å². The second-order valence-electron chi connectivity index (χ2n) is 10.3. The quantitative estimate of drug-likeness (QED) is 0.212. The smallest absolute Gasteiger partial charge is 0.341 e. The number of amides is 1. The van der Waals surface area contributed by atoms with Crippen molar-refractivity contribution in [2.75, 3.05) is 19.0 Å². The molecule has 0 fully saturated rings. The topological polar surface area (TPSA) is 76.7 Å². The molecule has 1 heterocycles. The molecule has 1 aromatic carbocycles. The summed E-state index contributed by atoms with van der Waals surface area (Å²) < 4.78 is 11.0. The summed E-state index contributed by atoms with van der Waals surface area (Å²) in [5, 5.41) is 6.60. The Balaban J connectivity index is 1.72. The largest absolute Gasteiger partial charge is 0.493 e. The number of benzene rings is 1. The van der Waals surface area contributed by atoms with Crippen LogP contribution >= 0.6 is 23.6 Å². The van der Waals surface area contributed by atoms with Crippen molar-refractivity contribution in [3.8, 4) is 5.75 Å². The van der Waals surface area contributed by atoms with Crippen LogP contribution in [-0.4, -0.2) is 30.7 Å². The van der Waals surface area contributed by atoms with Gasteiger partial charge in [-0.25, -0.2) is 4.79 Å². The first-order chi connectivity index (χ1) is 17.2. The summed E-state index contributed by atoms with van der Waals surface area (Å²) in [6, 6.07) is 7.15. The van der Waals surface area contributed by atoms with E-state index in [0.717, 1.165) is 44.1 Å². The van der Waals surface area contributed by atoms with Gasteiger partial charge in [-0.15, -0.1) is 11.3 Å². The second kappa shape index (κ2) is 12.7. The van der Waals surface area contributed by atoms with Crippen molar-refractivity contribution in [3.05, 3.63) is 45.8 Å². The molecule has 0 saturated carbocycles. The van der Waals surface area contributed by atoms with Crippen molar-refractivity contribution in [1.29, 1.82) is 0 Å². The fourth-order valence-electron chi connectivity index (χ4n) is 4.53. The van der Waals surface area contributed by atoms with Gasteiger partial charge in [-0.1, -0.05) is 59.1 Å². The molecular formula is C28H38N2O4S2. The van der Waals surface area contributed by atoms with Gasteiger partial charge in [-0.2, -0.15) is 0 Å². The molecule has 196 valence electrons. The van der Waals surface area contributed by atoms with Crippen LogP contribution < -0.4 is 15.4 Å². The lowest BCUT2D eigenvalue weighted by Crippen LogP contribution is -2.34. The zero-order valence-corrected chi connectivity index (χ0v) is 23.6.